The van der Waals surface area contributed by atoms with E-state index >= 15 is 0 Å². The zero-order valence-electron chi connectivity index (χ0n) is 40.6. The van der Waals surface area contributed by atoms with E-state index in [0.717, 1.165) is 88.5 Å². The fourth-order valence-corrected chi connectivity index (χ4v) is 12.6. The maximum Gasteiger partial charge on any atom is 0.164 e. The van der Waals surface area contributed by atoms with E-state index in [4.69, 9.17) is 23.8 Å². The molecular weight excluding hydrogens is 949 g/mol. The Labute approximate surface area is 439 Å². The topological polar surface area (TPSA) is 69.9 Å². The molecule has 0 spiro atoms. The fraction of sp³-hybridized carbons (Fsp3) is 0. The summed E-state index contributed by atoms with van der Waals surface area (Å²) < 4.78 is 17.9. The van der Waals surface area contributed by atoms with Crippen molar-refractivity contribution in [3.05, 3.63) is 243 Å². The maximum atomic E-state index is 6.59. The van der Waals surface area contributed by atoms with Crippen LogP contribution in [0.3, 0.4) is 0 Å². The molecule has 0 radical (unpaired) electrons. The van der Waals surface area contributed by atoms with Crippen LogP contribution in [0.15, 0.2) is 251 Å². The van der Waals surface area contributed by atoms with Gasteiger partial charge in [0.15, 0.2) is 17.5 Å². The number of nitrogens with zero attached hydrogens (tertiary/aromatic N) is 4. The van der Waals surface area contributed by atoms with Crippen LogP contribution in [0.1, 0.15) is 0 Å². The number of benzene rings is 11. The number of fused-ring (bicyclic) bond motifs is 12. The molecule has 5 heterocycles. The Balaban J connectivity index is 0.769. The van der Waals surface area contributed by atoms with E-state index in [1.807, 2.05) is 65.9 Å². The van der Waals surface area contributed by atoms with Gasteiger partial charge in [0, 0.05) is 80.4 Å². The van der Waals surface area contributed by atoms with Crippen molar-refractivity contribution in [2.24, 2.45) is 0 Å². The Bertz CT molecular complexity index is 4990. The molecule has 16 aromatic rings. The number of thiophene rings is 1. The predicted octanol–water partition coefficient (Wildman–Crippen LogP) is 19.1. The minimum atomic E-state index is 0.572. The second kappa shape index (κ2) is 16.8. The quantitative estimate of drug-likeness (QED) is 0.159. The Hall–Kier alpha value is -9.95. The van der Waals surface area contributed by atoms with Crippen LogP contribution in [0.25, 0.3) is 159 Å². The summed E-state index contributed by atoms with van der Waals surface area (Å²) in [5, 5.41) is 9.16. The van der Waals surface area contributed by atoms with Crippen LogP contribution >= 0.6 is 11.3 Å². The van der Waals surface area contributed by atoms with Crippen molar-refractivity contribution in [2.75, 3.05) is 0 Å². The number of hydrogen-bond donors (Lipinski definition) is 0. The number of rotatable bonds is 7. The second-order valence-corrected chi connectivity index (χ2v) is 20.5. The third-order valence-corrected chi connectivity index (χ3v) is 16.2. The minimum absolute atomic E-state index is 0.572. The molecule has 5 aromatic heterocycles. The first kappa shape index (κ1) is 42.5. The van der Waals surface area contributed by atoms with Gasteiger partial charge in [0.05, 0.1) is 11.0 Å². The molecule has 0 saturated carbocycles. The van der Waals surface area contributed by atoms with Gasteiger partial charge in [0.2, 0.25) is 0 Å². The highest BCUT2D eigenvalue weighted by Crippen LogP contribution is 2.43. The van der Waals surface area contributed by atoms with Crippen LogP contribution < -0.4 is 0 Å². The van der Waals surface area contributed by atoms with Crippen molar-refractivity contribution in [3.8, 4) is 73.2 Å². The molecule has 11 aromatic carbocycles. The summed E-state index contributed by atoms with van der Waals surface area (Å²) in [6.45, 7) is 0. The van der Waals surface area contributed by atoms with Crippen LogP contribution in [-0.4, -0.2) is 19.5 Å². The molecule has 0 fully saturated rings. The highest BCUT2D eigenvalue weighted by molar-refractivity contribution is 7.25. The molecule has 0 aliphatic carbocycles. The first-order valence-electron chi connectivity index (χ1n) is 25.5. The van der Waals surface area contributed by atoms with E-state index in [1.165, 1.54) is 53.1 Å². The Morgan fingerprint density at radius 1 is 0.303 bits per heavy atom. The molecule has 0 atom stereocenters. The molecule has 0 N–H and O–H groups in total. The summed E-state index contributed by atoms with van der Waals surface area (Å²) in [4.78, 5) is 15.5. The predicted molar refractivity (Wildman–Crippen MR) is 314 cm³/mol. The monoisotopic (exact) mass is 988 g/mol. The van der Waals surface area contributed by atoms with Gasteiger partial charge in [-0.15, -0.1) is 11.3 Å². The Morgan fingerprint density at radius 3 is 1.71 bits per heavy atom. The van der Waals surface area contributed by atoms with E-state index in [-0.39, 0.29) is 0 Å². The summed E-state index contributed by atoms with van der Waals surface area (Å²) >= 11 is 1.84. The van der Waals surface area contributed by atoms with E-state index in [1.54, 1.807) is 0 Å². The van der Waals surface area contributed by atoms with Crippen LogP contribution in [0.2, 0.25) is 0 Å². The van der Waals surface area contributed by atoms with E-state index < -0.39 is 0 Å². The van der Waals surface area contributed by atoms with Gasteiger partial charge in [-0.2, -0.15) is 0 Å². The van der Waals surface area contributed by atoms with Crippen LogP contribution in [-0.2, 0) is 0 Å². The van der Waals surface area contributed by atoms with Crippen molar-refractivity contribution < 1.29 is 8.83 Å². The van der Waals surface area contributed by atoms with Crippen molar-refractivity contribution >= 4 is 97.2 Å². The SMILES string of the molecule is c1ccc(-c2nc(-c3ccc(-c4cccc5c4oc4ccccc45)cc3)nc(-c3cccc4oc5ccc(-c6ccc7sc8cc(-c9ccc%10c(c9)c9ccccc9n%10-c9ccccc9)ccc8c7c6)cc5c34)n2)cc1. The van der Waals surface area contributed by atoms with Gasteiger partial charge in [0.1, 0.15) is 22.3 Å². The van der Waals surface area contributed by atoms with Crippen LogP contribution in [0, 0.1) is 0 Å². The first-order valence-corrected chi connectivity index (χ1v) is 26.3. The zero-order chi connectivity index (χ0) is 49.8. The molecule has 0 aliphatic rings. The van der Waals surface area contributed by atoms with Crippen molar-refractivity contribution in [1.29, 1.82) is 0 Å². The van der Waals surface area contributed by atoms with Gasteiger partial charge in [-0.3, -0.25) is 0 Å². The van der Waals surface area contributed by atoms with Gasteiger partial charge in [0.25, 0.3) is 0 Å². The van der Waals surface area contributed by atoms with Crippen molar-refractivity contribution in [2.45, 2.75) is 0 Å². The van der Waals surface area contributed by atoms with E-state index in [0.29, 0.717) is 17.5 Å². The van der Waals surface area contributed by atoms with Gasteiger partial charge in [-0.25, -0.2) is 15.0 Å². The lowest BCUT2D eigenvalue weighted by Gasteiger charge is -2.10. The summed E-state index contributed by atoms with van der Waals surface area (Å²) in [5.74, 6) is 1.75. The standard InChI is InChI=1S/C69H40N4O2S/c1-3-13-42(14-4-1)67-70-68(43-27-25-41(26-28-43)49-19-11-20-53-51-18-8-10-23-60(51)75-66(49)53)72-69(71-67)54-21-12-24-62-65(54)57-39-45(31-35-61(57)74-62)46-32-36-63-56(38-46)52-33-29-47(40-64(52)76-63)44-30-34-59-55(37-44)50-17-7-9-22-58(50)73(59)48-15-5-2-6-16-48/h1-40H. The third-order valence-electron chi connectivity index (χ3n) is 15.1. The zero-order valence-corrected chi connectivity index (χ0v) is 41.4. The van der Waals surface area contributed by atoms with Crippen LogP contribution in [0.5, 0.6) is 0 Å². The fourth-order valence-electron chi connectivity index (χ4n) is 11.5. The number of para-hydroxylation sites is 4. The molecule has 76 heavy (non-hydrogen) atoms. The number of aromatic nitrogens is 4. The molecule has 0 saturated heterocycles. The molecule has 0 unspecified atom stereocenters. The molecule has 6 nitrogen and oxygen atoms in total. The number of hydrogen-bond acceptors (Lipinski definition) is 6. The summed E-state index contributed by atoms with van der Waals surface area (Å²) in [7, 11) is 0. The lowest BCUT2D eigenvalue weighted by atomic mass is 9.98. The maximum absolute atomic E-state index is 6.59. The first-order chi connectivity index (χ1) is 37.6. The van der Waals surface area contributed by atoms with Gasteiger partial charge >= 0.3 is 0 Å². The van der Waals surface area contributed by atoms with Gasteiger partial charge in [-0.05, 0) is 101 Å². The van der Waals surface area contributed by atoms with Crippen LogP contribution in [0.4, 0.5) is 0 Å². The average molecular weight is 989 g/mol. The molecule has 354 valence electrons. The summed E-state index contributed by atoms with van der Waals surface area (Å²) in [5.41, 5.74) is 16.3. The minimum Gasteiger partial charge on any atom is -0.456 e. The largest absolute Gasteiger partial charge is 0.456 e. The highest BCUT2D eigenvalue weighted by Gasteiger charge is 2.21. The lowest BCUT2D eigenvalue weighted by Crippen LogP contribution is -2.00. The normalized spacial score (nSPS) is 11.9. The summed E-state index contributed by atoms with van der Waals surface area (Å²) in [6.07, 6.45) is 0. The average Bonchev–Trinajstić information content (AvgIpc) is 4.30. The lowest BCUT2D eigenvalue weighted by molar-refractivity contribution is 0.669. The molecule has 7 heteroatoms. The van der Waals surface area contributed by atoms with Gasteiger partial charge < -0.3 is 13.4 Å². The summed E-state index contributed by atoms with van der Waals surface area (Å²) in [6, 6.07) is 85.7. The Kier molecular flexibility index (Phi) is 9.40. The van der Waals surface area contributed by atoms with Crippen molar-refractivity contribution in [3.63, 3.8) is 0 Å². The molecule has 16 rings (SSSR count). The van der Waals surface area contributed by atoms with E-state index in [2.05, 4.69) is 193 Å². The molecule has 0 aliphatic heterocycles. The smallest absolute Gasteiger partial charge is 0.164 e. The molecular formula is C69H40N4O2S. The Morgan fingerprint density at radius 2 is 0.868 bits per heavy atom. The van der Waals surface area contributed by atoms with Gasteiger partial charge in [-0.1, -0.05) is 170 Å². The highest BCUT2D eigenvalue weighted by atomic mass is 32.1. The van der Waals surface area contributed by atoms with E-state index in [9.17, 15) is 0 Å². The second-order valence-electron chi connectivity index (χ2n) is 19.5. The number of furan rings is 2. The molecule has 0 bridgehead atoms. The third kappa shape index (κ3) is 6.76. The van der Waals surface area contributed by atoms with Crippen molar-refractivity contribution in [1.82, 2.24) is 19.5 Å². The molecule has 0 amide bonds.